The Bertz CT molecular complexity index is 860. The number of methoxy groups -OCH3 is 2. The van der Waals surface area contributed by atoms with Crippen molar-refractivity contribution in [2.45, 2.75) is 39.2 Å². The Morgan fingerprint density at radius 3 is 2.90 bits per heavy atom. The number of hydrogen-bond donors (Lipinski definition) is 1. The summed E-state index contributed by atoms with van der Waals surface area (Å²) in [5, 5.41) is 3.03. The number of rotatable bonds is 10. The van der Waals surface area contributed by atoms with E-state index in [1.807, 2.05) is 30.3 Å². The molecule has 0 bridgehead atoms. The number of hydrogen-bond acceptors (Lipinski definition) is 5. The molecule has 1 aliphatic rings. The number of piperidine rings is 1. The normalized spacial score (nSPS) is 17.4. The van der Waals surface area contributed by atoms with E-state index in [0.717, 1.165) is 48.9 Å². The molecular weight excluding hydrogens is 392 g/mol. The number of benzene rings is 1. The van der Waals surface area contributed by atoms with E-state index in [-0.39, 0.29) is 5.91 Å². The van der Waals surface area contributed by atoms with Gasteiger partial charge in [0.1, 0.15) is 17.3 Å². The minimum absolute atomic E-state index is 0.0869. The van der Waals surface area contributed by atoms with Gasteiger partial charge in [-0.15, -0.1) is 0 Å². The molecule has 168 valence electrons. The first kappa shape index (κ1) is 22.9. The Hall–Kier alpha value is -2.73. The van der Waals surface area contributed by atoms with Crippen LogP contribution in [-0.2, 0) is 11.3 Å². The fourth-order valence-corrected chi connectivity index (χ4v) is 4.16. The molecule has 0 saturated carbocycles. The van der Waals surface area contributed by atoms with Gasteiger partial charge in [0.2, 0.25) is 5.91 Å². The zero-order valence-electron chi connectivity index (χ0n) is 18.9. The Morgan fingerprint density at radius 2 is 2.16 bits per heavy atom. The van der Waals surface area contributed by atoms with Gasteiger partial charge in [-0.25, -0.2) is 0 Å². The molecule has 0 radical (unpaired) electrons. The van der Waals surface area contributed by atoms with E-state index in [1.165, 1.54) is 18.4 Å². The number of likely N-dealkylation sites (tertiary alicyclic amines) is 1. The largest absolute Gasteiger partial charge is 0.497 e. The number of furan rings is 1. The van der Waals surface area contributed by atoms with Crippen LogP contribution in [0.3, 0.4) is 0 Å². The number of carbonyl (C=O) groups excluding carboxylic acids is 1. The van der Waals surface area contributed by atoms with Crippen LogP contribution in [0, 0.1) is 5.92 Å². The molecule has 2 aromatic rings. The average Bonchev–Trinajstić information content (AvgIpc) is 3.29. The fraction of sp³-hybridized carbons (Fsp3) is 0.480. The molecule has 0 unspecified atom stereocenters. The van der Waals surface area contributed by atoms with Crippen molar-refractivity contribution in [3.8, 4) is 11.5 Å². The lowest BCUT2D eigenvalue weighted by molar-refractivity contribution is -0.121. The van der Waals surface area contributed by atoms with E-state index in [0.29, 0.717) is 18.9 Å². The molecule has 1 fully saturated rings. The third-order valence-corrected chi connectivity index (χ3v) is 5.76. The molecule has 1 amide bonds. The summed E-state index contributed by atoms with van der Waals surface area (Å²) in [7, 11) is 3.25. The second-order valence-corrected chi connectivity index (χ2v) is 8.24. The third-order valence-electron chi connectivity index (χ3n) is 5.76. The maximum absolute atomic E-state index is 12.4. The molecule has 1 atom stereocenters. The van der Waals surface area contributed by atoms with Crippen molar-refractivity contribution in [1.82, 2.24) is 10.2 Å². The highest BCUT2D eigenvalue weighted by atomic mass is 16.5. The van der Waals surface area contributed by atoms with Crippen LogP contribution in [0.4, 0.5) is 0 Å². The van der Waals surface area contributed by atoms with Gasteiger partial charge in [-0.3, -0.25) is 9.69 Å². The van der Waals surface area contributed by atoms with Crippen LogP contribution in [0.25, 0.3) is 6.08 Å². The predicted molar refractivity (Wildman–Crippen MR) is 122 cm³/mol. The summed E-state index contributed by atoms with van der Waals surface area (Å²) in [4.78, 5) is 14.9. The van der Waals surface area contributed by atoms with Crippen LogP contribution in [0.1, 0.15) is 43.9 Å². The maximum atomic E-state index is 12.4. The summed E-state index contributed by atoms with van der Waals surface area (Å²) in [5.74, 6) is 3.01. The first-order chi connectivity index (χ1) is 15.1. The Balaban J connectivity index is 1.41. The van der Waals surface area contributed by atoms with E-state index in [1.54, 1.807) is 20.5 Å². The second-order valence-electron chi connectivity index (χ2n) is 8.24. The molecule has 1 saturated heterocycles. The summed E-state index contributed by atoms with van der Waals surface area (Å²) in [6.07, 6.45) is 7.65. The quantitative estimate of drug-likeness (QED) is 0.606. The molecule has 3 rings (SSSR count). The standard InChI is InChI=1S/C25H34N2O4/c1-19(14-23-7-5-13-31-23)17-27-12-4-6-20(18-27)8-11-25(28)26-16-21-9-10-22(29-2)15-24(21)30-3/h5,7,9-10,13-15,20H,4,6,8,11-12,16-18H2,1-3H3,(H,26,28)/b19-14+/t20-/m1/s1. The smallest absolute Gasteiger partial charge is 0.220 e. The summed E-state index contributed by atoms with van der Waals surface area (Å²) in [6, 6.07) is 9.52. The fourth-order valence-electron chi connectivity index (χ4n) is 4.16. The SMILES string of the molecule is COc1ccc(CNC(=O)CC[C@H]2CCCN(C/C(C)=C/c3ccco3)C2)c(OC)c1. The van der Waals surface area contributed by atoms with Gasteiger partial charge in [-0.05, 0) is 69.0 Å². The first-order valence-corrected chi connectivity index (χ1v) is 11.0. The predicted octanol–water partition coefficient (Wildman–Crippen LogP) is 4.51. The van der Waals surface area contributed by atoms with Crippen molar-refractivity contribution in [2.24, 2.45) is 5.92 Å². The van der Waals surface area contributed by atoms with Gasteiger partial charge in [0.15, 0.2) is 0 Å². The van der Waals surface area contributed by atoms with Gasteiger partial charge >= 0.3 is 0 Å². The highest BCUT2D eigenvalue weighted by molar-refractivity contribution is 5.75. The summed E-state index contributed by atoms with van der Waals surface area (Å²) >= 11 is 0. The third kappa shape index (κ3) is 7.17. The lowest BCUT2D eigenvalue weighted by atomic mass is 9.93. The Labute approximate surface area is 185 Å². The van der Waals surface area contributed by atoms with Crippen molar-refractivity contribution in [3.63, 3.8) is 0 Å². The second kappa shape index (κ2) is 11.6. The van der Waals surface area contributed by atoms with E-state index in [2.05, 4.69) is 23.2 Å². The van der Waals surface area contributed by atoms with E-state index < -0.39 is 0 Å². The van der Waals surface area contributed by atoms with Gasteiger partial charge in [0.25, 0.3) is 0 Å². The van der Waals surface area contributed by atoms with Crippen molar-refractivity contribution in [2.75, 3.05) is 33.9 Å². The molecule has 6 nitrogen and oxygen atoms in total. The van der Waals surface area contributed by atoms with Crippen molar-refractivity contribution in [3.05, 3.63) is 53.5 Å². The highest BCUT2D eigenvalue weighted by Crippen LogP contribution is 2.25. The summed E-state index contributed by atoms with van der Waals surface area (Å²) in [5.41, 5.74) is 2.24. The molecule has 1 aromatic heterocycles. The number of carbonyl (C=O) groups is 1. The zero-order chi connectivity index (χ0) is 22.1. The number of nitrogens with zero attached hydrogens (tertiary/aromatic N) is 1. The number of ether oxygens (including phenoxy) is 2. The van der Waals surface area contributed by atoms with Gasteiger partial charge in [0, 0.05) is 37.7 Å². The van der Waals surface area contributed by atoms with Crippen LogP contribution < -0.4 is 14.8 Å². The molecule has 1 aliphatic heterocycles. The number of amides is 1. The lowest BCUT2D eigenvalue weighted by Gasteiger charge is -2.33. The zero-order valence-corrected chi connectivity index (χ0v) is 18.9. The minimum atomic E-state index is 0.0869. The van der Waals surface area contributed by atoms with E-state index in [9.17, 15) is 4.79 Å². The topological polar surface area (TPSA) is 63.9 Å². The molecule has 1 aromatic carbocycles. The van der Waals surface area contributed by atoms with Crippen LogP contribution in [0.5, 0.6) is 11.5 Å². The van der Waals surface area contributed by atoms with E-state index >= 15 is 0 Å². The molecule has 2 heterocycles. The first-order valence-electron chi connectivity index (χ1n) is 11.0. The van der Waals surface area contributed by atoms with Gasteiger partial charge < -0.3 is 19.2 Å². The maximum Gasteiger partial charge on any atom is 0.220 e. The van der Waals surface area contributed by atoms with Crippen molar-refractivity contribution in [1.29, 1.82) is 0 Å². The average molecular weight is 427 g/mol. The Morgan fingerprint density at radius 1 is 1.29 bits per heavy atom. The van der Waals surface area contributed by atoms with Crippen LogP contribution in [-0.4, -0.2) is 44.7 Å². The van der Waals surface area contributed by atoms with E-state index in [4.69, 9.17) is 13.9 Å². The summed E-state index contributed by atoms with van der Waals surface area (Å²) in [6.45, 7) is 5.71. The van der Waals surface area contributed by atoms with Gasteiger partial charge in [0.05, 0.1) is 20.5 Å². The molecule has 31 heavy (non-hydrogen) atoms. The Kier molecular flexibility index (Phi) is 8.59. The molecule has 0 spiro atoms. The molecule has 1 N–H and O–H groups in total. The van der Waals surface area contributed by atoms with Crippen molar-refractivity contribution >= 4 is 12.0 Å². The van der Waals surface area contributed by atoms with Gasteiger partial charge in [-0.1, -0.05) is 5.57 Å². The minimum Gasteiger partial charge on any atom is -0.497 e. The van der Waals surface area contributed by atoms with Crippen LogP contribution >= 0.6 is 0 Å². The molecular formula is C25H34N2O4. The summed E-state index contributed by atoms with van der Waals surface area (Å²) < 4.78 is 16.0. The number of nitrogens with one attached hydrogen (secondary N) is 1. The molecule has 0 aliphatic carbocycles. The monoisotopic (exact) mass is 426 g/mol. The van der Waals surface area contributed by atoms with Crippen LogP contribution in [0.2, 0.25) is 0 Å². The van der Waals surface area contributed by atoms with Crippen LogP contribution in [0.15, 0.2) is 46.6 Å². The van der Waals surface area contributed by atoms with Crippen molar-refractivity contribution < 1.29 is 18.7 Å². The lowest BCUT2D eigenvalue weighted by Crippen LogP contribution is -2.37. The molecule has 6 heteroatoms. The van der Waals surface area contributed by atoms with Gasteiger partial charge in [-0.2, -0.15) is 0 Å². The highest BCUT2D eigenvalue weighted by Gasteiger charge is 2.21.